The maximum Gasteiger partial charge on any atom is 0.153 e. The minimum absolute atomic E-state index is 0.0137. The van der Waals surface area contributed by atoms with E-state index in [1.165, 1.54) is 6.07 Å². The van der Waals surface area contributed by atoms with Crippen molar-refractivity contribution in [1.29, 1.82) is 0 Å². The molecule has 0 aliphatic rings. The van der Waals surface area contributed by atoms with Gasteiger partial charge in [-0.1, -0.05) is 6.07 Å². The molecule has 2 aromatic rings. The molecular weight excluding hydrogens is 301 g/mol. The van der Waals surface area contributed by atoms with Gasteiger partial charge < -0.3 is 15.2 Å². The average Bonchev–Trinajstić information content (AvgIpc) is 2.37. The molecule has 2 N–H and O–H groups in total. The lowest BCUT2D eigenvalue weighted by Crippen LogP contribution is -1.95. The van der Waals surface area contributed by atoms with Crippen molar-refractivity contribution < 1.29 is 13.9 Å². The van der Waals surface area contributed by atoms with E-state index in [0.29, 0.717) is 16.0 Å². The van der Waals surface area contributed by atoms with E-state index >= 15 is 0 Å². The molecule has 0 saturated carbocycles. The summed E-state index contributed by atoms with van der Waals surface area (Å²) in [5, 5.41) is 0. The Morgan fingerprint density at radius 1 is 1.17 bits per heavy atom. The van der Waals surface area contributed by atoms with Gasteiger partial charge in [-0.05, 0) is 46.3 Å². The monoisotopic (exact) mass is 311 g/mol. The van der Waals surface area contributed by atoms with Gasteiger partial charge in [0.15, 0.2) is 5.75 Å². The molecule has 0 unspecified atom stereocenters. The third-order valence-corrected chi connectivity index (χ3v) is 2.99. The van der Waals surface area contributed by atoms with Gasteiger partial charge in [0.25, 0.3) is 0 Å². The van der Waals surface area contributed by atoms with E-state index in [0.717, 1.165) is 0 Å². The molecule has 5 heteroatoms. The number of nitrogen functional groups attached to an aromatic ring is 1. The summed E-state index contributed by atoms with van der Waals surface area (Å²) < 4.78 is 24.6. The highest BCUT2D eigenvalue weighted by Crippen LogP contribution is 2.35. The molecule has 94 valence electrons. The Hall–Kier alpha value is -1.75. The topological polar surface area (TPSA) is 44.5 Å². The molecule has 0 aliphatic heterocycles. The zero-order chi connectivity index (χ0) is 13.1. The molecule has 3 nitrogen and oxygen atoms in total. The first-order valence-electron chi connectivity index (χ1n) is 5.17. The fourth-order valence-electron chi connectivity index (χ4n) is 1.42. The van der Waals surface area contributed by atoms with Crippen LogP contribution in [-0.2, 0) is 0 Å². The van der Waals surface area contributed by atoms with Crippen LogP contribution in [-0.4, -0.2) is 7.11 Å². The Morgan fingerprint density at radius 3 is 2.61 bits per heavy atom. The summed E-state index contributed by atoms with van der Waals surface area (Å²) in [6, 6.07) is 9.65. The molecule has 0 aliphatic carbocycles. The van der Waals surface area contributed by atoms with Crippen molar-refractivity contribution in [1.82, 2.24) is 0 Å². The molecule has 0 saturated heterocycles. The lowest BCUT2D eigenvalue weighted by molar-refractivity contribution is 0.412. The molecular formula is C13H11BrFNO2. The second kappa shape index (κ2) is 5.27. The molecule has 0 fully saturated rings. The van der Waals surface area contributed by atoms with Crippen LogP contribution >= 0.6 is 15.9 Å². The number of halogens is 2. The van der Waals surface area contributed by atoms with Crippen LogP contribution in [0, 0.1) is 5.82 Å². The number of hydrogen-bond acceptors (Lipinski definition) is 3. The van der Waals surface area contributed by atoms with Crippen molar-refractivity contribution in [2.45, 2.75) is 0 Å². The van der Waals surface area contributed by atoms with E-state index in [-0.39, 0.29) is 11.4 Å². The van der Waals surface area contributed by atoms with Crippen molar-refractivity contribution in [3.63, 3.8) is 0 Å². The first-order chi connectivity index (χ1) is 8.61. The lowest BCUT2D eigenvalue weighted by atomic mass is 10.3. The van der Waals surface area contributed by atoms with E-state index in [9.17, 15) is 4.39 Å². The van der Waals surface area contributed by atoms with Gasteiger partial charge in [-0.3, -0.25) is 0 Å². The summed E-state index contributed by atoms with van der Waals surface area (Å²) in [7, 11) is 1.58. The van der Waals surface area contributed by atoms with Crippen molar-refractivity contribution >= 4 is 21.6 Å². The van der Waals surface area contributed by atoms with Crippen molar-refractivity contribution in [3.05, 3.63) is 46.7 Å². The summed E-state index contributed by atoms with van der Waals surface area (Å²) in [6.45, 7) is 0. The van der Waals surface area contributed by atoms with Gasteiger partial charge >= 0.3 is 0 Å². The van der Waals surface area contributed by atoms with Crippen molar-refractivity contribution in [2.75, 3.05) is 12.8 Å². The van der Waals surface area contributed by atoms with Gasteiger partial charge in [-0.2, -0.15) is 0 Å². The second-order valence-corrected chi connectivity index (χ2v) is 4.40. The SMILES string of the molecule is COc1ccc(Oc2cccc(F)c2N)c(Br)c1. The minimum Gasteiger partial charge on any atom is -0.497 e. The maximum absolute atomic E-state index is 13.3. The van der Waals surface area contributed by atoms with E-state index < -0.39 is 5.82 Å². The van der Waals surface area contributed by atoms with Gasteiger partial charge in [0, 0.05) is 0 Å². The maximum atomic E-state index is 13.3. The van der Waals surface area contributed by atoms with Crippen LogP contribution in [0.3, 0.4) is 0 Å². The highest BCUT2D eigenvalue weighted by molar-refractivity contribution is 9.10. The van der Waals surface area contributed by atoms with Gasteiger partial charge in [0.2, 0.25) is 0 Å². The van der Waals surface area contributed by atoms with E-state index in [4.69, 9.17) is 15.2 Å². The zero-order valence-corrected chi connectivity index (χ0v) is 11.2. The van der Waals surface area contributed by atoms with E-state index in [1.807, 2.05) is 0 Å². The highest BCUT2D eigenvalue weighted by Gasteiger charge is 2.09. The lowest BCUT2D eigenvalue weighted by Gasteiger charge is -2.11. The number of para-hydroxylation sites is 1. The quantitative estimate of drug-likeness (QED) is 0.872. The first kappa shape index (κ1) is 12.7. The molecule has 0 heterocycles. The normalized spacial score (nSPS) is 10.2. The number of methoxy groups -OCH3 is 1. The Balaban J connectivity index is 2.31. The van der Waals surface area contributed by atoms with Crippen LogP contribution in [0.2, 0.25) is 0 Å². The van der Waals surface area contributed by atoms with E-state index in [1.54, 1.807) is 37.4 Å². The Morgan fingerprint density at radius 2 is 1.94 bits per heavy atom. The van der Waals surface area contributed by atoms with Crippen LogP contribution in [0.25, 0.3) is 0 Å². The molecule has 2 rings (SSSR count). The predicted molar refractivity (Wildman–Crippen MR) is 71.6 cm³/mol. The van der Waals surface area contributed by atoms with Crippen LogP contribution in [0.4, 0.5) is 10.1 Å². The van der Waals surface area contributed by atoms with Gasteiger partial charge in [-0.25, -0.2) is 4.39 Å². The third-order valence-electron chi connectivity index (χ3n) is 2.37. The standard InChI is InChI=1S/C13H11BrFNO2/c1-17-8-5-6-11(9(14)7-8)18-12-4-2-3-10(15)13(12)16/h2-7H,16H2,1H3. The Bertz CT molecular complexity index is 575. The summed E-state index contributed by atoms with van der Waals surface area (Å²) in [6.07, 6.45) is 0. The molecule has 2 aromatic carbocycles. The molecule has 0 aromatic heterocycles. The summed E-state index contributed by atoms with van der Waals surface area (Å²) >= 11 is 3.35. The molecule has 0 bridgehead atoms. The summed E-state index contributed by atoms with van der Waals surface area (Å²) in [5.41, 5.74) is 5.58. The summed E-state index contributed by atoms with van der Waals surface area (Å²) in [5.74, 6) is 1.01. The smallest absolute Gasteiger partial charge is 0.153 e. The predicted octanol–water partition coefficient (Wildman–Crippen LogP) is 3.97. The van der Waals surface area contributed by atoms with Gasteiger partial charge in [0.1, 0.15) is 23.0 Å². The Kier molecular flexibility index (Phi) is 3.72. The molecule has 0 atom stereocenters. The van der Waals surface area contributed by atoms with Crippen molar-refractivity contribution in [2.24, 2.45) is 0 Å². The summed E-state index contributed by atoms with van der Waals surface area (Å²) in [4.78, 5) is 0. The number of rotatable bonds is 3. The van der Waals surface area contributed by atoms with Crippen LogP contribution in [0.5, 0.6) is 17.2 Å². The molecule has 0 spiro atoms. The van der Waals surface area contributed by atoms with Crippen molar-refractivity contribution in [3.8, 4) is 17.2 Å². The number of benzene rings is 2. The fourth-order valence-corrected chi connectivity index (χ4v) is 1.85. The minimum atomic E-state index is -0.503. The van der Waals surface area contributed by atoms with Gasteiger partial charge in [-0.15, -0.1) is 0 Å². The first-order valence-corrected chi connectivity index (χ1v) is 5.96. The van der Waals surface area contributed by atoms with E-state index in [2.05, 4.69) is 15.9 Å². The van der Waals surface area contributed by atoms with Crippen LogP contribution < -0.4 is 15.2 Å². The number of nitrogens with two attached hydrogens (primary N) is 1. The van der Waals surface area contributed by atoms with Gasteiger partial charge in [0.05, 0.1) is 11.6 Å². The molecule has 0 amide bonds. The van der Waals surface area contributed by atoms with Crippen LogP contribution in [0.15, 0.2) is 40.9 Å². The second-order valence-electron chi connectivity index (χ2n) is 3.55. The molecule has 0 radical (unpaired) electrons. The third kappa shape index (κ3) is 2.56. The highest BCUT2D eigenvalue weighted by atomic mass is 79.9. The Labute approximate surface area is 112 Å². The average molecular weight is 312 g/mol. The fraction of sp³-hybridized carbons (Fsp3) is 0.0769. The number of hydrogen-bond donors (Lipinski definition) is 1. The zero-order valence-electron chi connectivity index (χ0n) is 9.61. The number of ether oxygens (including phenoxy) is 2. The largest absolute Gasteiger partial charge is 0.497 e. The number of anilines is 1. The van der Waals surface area contributed by atoms with Crippen LogP contribution in [0.1, 0.15) is 0 Å². The molecule has 18 heavy (non-hydrogen) atoms.